The summed E-state index contributed by atoms with van der Waals surface area (Å²) in [7, 11) is 0. The Morgan fingerprint density at radius 2 is 1.71 bits per heavy atom. The SMILES string of the molecule is CCN(CC)c1ccc(Nc2cnc(C(=O)Nc3cccc(C)c3)cn2)cc1. The maximum Gasteiger partial charge on any atom is 0.275 e. The number of aryl methyl sites for hydroxylation is 1. The molecule has 0 aliphatic heterocycles. The Labute approximate surface area is 165 Å². The van der Waals surface area contributed by atoms with Gasteiger partial charge in [0.2, 0.25) is 0 Å². The van der Waals surface area contributed by atoms with Crippen molar-refractivity contribution in [2.75, 3.05) is 28.6 Å². The molecule has 6 nitrogen and oxygen atoms in total. The molecule has 0 spiro atoms. The molecule has 3 aromatic rings. The summed E-state index contributed by atoms with van der Waals surface area (Å²) in [5, 5.41) is 6.04. The van der Waals surface area contributed by atoms with Gasteiger partial charge in [-0.3, -0.25) is 4.79 Å². The molecule has 0 unspecified atom stereocenters. The van der Waals surface area contributed by atoms with Gasteiger partial charge in [0.05, 0.1) is 12.4 Å². The van der Waals surface area contributed by atoms with Crippen LogP contribution in [0.3, 0.4) is 0 Å². The third-order valence-electron chi connectivity index (χ3n) is 4.43. The monoisotopic (exact) mass is 375 g/mol. The fraction of sp³-hybridized carbons (Fsp3) is 0.227. The van der Waals surface area contributed by atoms with Crippen LogP contribution in [-0.2, 0) is 0 Å². The number of carbonyl (C=O) groups is 1. The lowest BCUT2D eigenvalue weighted by Gasteiger charge is -2.21. The van der Waals surface area contributed by atoms with E-state index in [1.54, 1.807) is 6.20 Å². The molecule has 0 aliphatic carbocycles. The van der Waals surface area contributed by atoms with E-state index in [4.69, 9.17) is 0 Å². The second kappa shape index (κ2) is 8.99. The number of rotatable bonds is 7. The predicted molar refractivity (Wildman–Crippen MR) is 114 cm³/mol. The van der Waals surface area contributed by atoms with E-state index in [-0.39, 0.29) is 11.6 Å². The average molecular weight is 375 g/mol. The summed E-state index contributed by atoms with van der Waals surface area (Å²) in [6.07, 6.45) is 3.03. The normalized spacial score (nSPS) is 10.4. The highest BCUT2D eigenvalue weighted by Crippen LogP contribution is 2.20. The summed E-state index contributed by atoms with van der Waals surface area (Å²) in [4.78, 5) is 23.1. The Balaban J connectivity index is 1.63. The van der Waals surface area contributed by atoms with E-state index in [0.717, 1.165) is 30.0 Å². The van der Waals surface area contributed by atoms with Crippen LogP contribution < -0.4 is 15.5 Å². The summed E-state index contributed by atoms with van der Waals surface area (Å²) >= 11 is 0. The topological polar surface area (TPSA) is 70.2 Å². The second-order valence-electron chi connectivity index (χ2n) is 6.45. The molecule has 2 aromatic carbocycles. The van der Waals surface area contributed by atoms with Crippen LogP contribution in [0.5, 0.6) is 0 Å². The quantitative estimate of drug-likeness (QED) is 0.630. The number of hydrogen-bond acceptors (Lipinski definition) is 5. The highest BCUT2D eigenvalue weighted by atomic mass is 16.1. The molecule has 0 aliphatic rings. The van der Waals surface area contributed by atoms with E-state index in [0.29, 0.717) is 5.82 Å². The minimum Gasteiger partial charge on any atom is -0.372 e. The fourth-order valence-electron chi connectivity index (χ4n) is 2.92. The van der Waals surface area contributed by atoms with Crippen LogP contribution in [0.2, 0.25) is 0 Å². The van der Waals surface area contributed by atoms with Crippen molar-refractivity contribution < 1.29 is 4.79 Å². The van der Waals surface area contributed by atoms with Crippen molar-refractivity contribution in [3.8, 4) is 0 Å². The number of carbonyl (C=O) groups excluding carboxylic acids is 1. The number of amides is 1. The summed E-state index contributed by atoms with van der Waals surface area (Å²) in [6.45, 7) is 8.20. The smallest absolute Gasteiger partial charge is 0.275 e. The zero-order valence-corrected chi connectivity index (χ0v) is 16.4. The molecular weight excluding hydrogens is 350 g/mol. The third-order valence-corrected chi connectivity index (χ3v) is 4.43. The van der Waals surface area contributed by atoms with Crippen molar-refractivity contribution in [3.05, 3.63) is 72.2 Å². The van der Waals surface area contributed by atoms with Crippen LogP contribution in [0.1, 0.15) is 29.9 Å². The van der Waals surface area contributed by atoms with Crippen molar-refractivity contribution in [3.63, 3.8) is 0 Å². The minimum absolute atomic E-state index is 0.268. The number of aromatic nitrogens is 2. The molecule has 0 atom stereocenters. The highest BCUT2D eigenvalue weighted by Gasteiger charge is 2.09. The van der Waals surface area contributed by atoms with Crippen LogP contribution in [0.25, 0.3) is 0 Å². The van der Waals surface area contributed by atoms with E-state index in [9.17, 15) is 4.79 Å². The maximum atomic E-state index is 12.3. The predicted octanol–water partition coefficient (Wildman–Crippen LogP) is 4.63. The molecule has 1 aromatic heterocycles. The van der Waals surface area contributed by atoms with Gasteiger partial charge in [-0.25, -0.2) is 9.97 Å². The van der Waals surface area contributed by atoms with Gasteiger partial charge in [-0.1, -0.05) is 12.1 Å². The van der Waals surface area contributed by atoms with Gasteiger partial charge in [-0.15, -0.1) is 0 Å². The minimum atomic E-state index is -0.284. The lowest BCUT2D eigenvalue weighted by molar-refractivity contribution is 0.102. The number of anilines is 4. The van der Waals surface area contributed by atoms with Crippen molar-refractivity contribution in [1.82, 2.24) is 9.97 Å². The molecular formula is C22H25N5O. The Morgan fingerprint density at radius 1 is 0.964 bits per heavy atom. The molecule has 1 heterocycles. The lowest BCUT2D eigenvalue weighted by atomic mass is 10.2. The van der Waals surface area contributed by atoms with E-state index < -0.39 is 0 Å². The molecule has 1 amide bonds. The van der Waals surface area contributed by atoms with Gasteiger partial charge in [-0.2, -0.15) is 0 Å². The number of benzene rings is 2. The van der Waals surface area contributed by atoms with E-state index >= 15 is 0 Å². The fourth-order valence-corrected chi connectivity index (χ4v) is 2.92. The summed E-state index contributed by atoms with van der Waals surface area (Å²) in [5.74, 6) is 0.302. The first kappa shape index (κ1) is 19.4. The molecule has 3 rings (SSSR count). The largest absolute Gasteiger partial charge is 0.372 e. The molecule has 28 heavy (non-hydrogen) atoms. The summed E-state index contributed by atoms with van der Waals surface area (Å²) in [5.41, 5.74) is 4.19. The standard InChI is InChI=1S/C22H25N5O/c1-4-27(5-2)19-11-9-17(10-12-19)25-21-15-23-20(14-24-21)22(28)26-18-8-6-7-16(3)13-18/h6-15H,4-5H2,1-3H3,(H,24,25)(H,26,28). The van der Waals surface area contributed by atoms with E-state index in [1.807, 2.05) is 43.3 Å². The van der Waals surface area contributed by atoms with Crippen molar-refractivity contribution >= 4 is 28.8 Å². The molecule has 0 radical (unpaired) electrons. The Hall–Kier alpha value is -3.41. The zero-order valence-electron chi connectivity index (χ0n) is 16.4. The molecule has 6 heteroatoms. The van der Waals surface area contributed by atoms with Gasteiger partial charge >= 0.3 is 0 Å². The Morgan fingerprint density at radius 3 is 2.32 bits per heavy atom. The summed E-state index contributed by atoms with van der Waals surface area (Å²) in [6, 6.07) is 15.8. The number of hydrogen-bond donors (Lipinski definition) is 2. The molecule has 0 saturated heterocycles. The third kappa shape index (κ3) is 4.85. The van der Waals surface area contributed by atoms with Gasteiger partial charge in [0.1, 0.15) is 11.5 Å². The number of nitrogens with one attached hydrogen (secondary N) is 2. The van der Waals surface area contributed by atoms with Crippen LogP contribution in [0, 0.1) is 6.92 Å². The highest BCUT2D eigenvalue weighted by molar-refractivity contribution is 6.02. The Bertz CT molecular complexity index is 918. The summed E-state index contributed by atoms with van der Waals surface area (Å²) < 4.78 is 0. The molecule has 0 bridgehead atoms. The Kier molecular flexibility index (Phi) is 6.22. The molecule has 0 saturated carbocycles. The van der Waals surface area contributed by atoms with E-state index in [2.05, 4.69) is 51.5 Å². The van der Waals surface area contributed by atoms with Gasteiger partial charge in [0.15, 0.2) is 0 Å². The average Bonchev–Trinajstić information content (AvgIpc) is 2.71. The van der Waals surface area contributed by atoms with Crippen LogP contribution in [-0.4, -0.2) is 29.0 Å². The first-order chi connectivity index (χ1) is 13.6. The van der Waals surface area contributed by atoms with Crippen molar-refractivity contribution in [2.45, 2.75) is 20.8 Å². The van der Waals surface area contributed by atoms with Gasteiger partial charge in [-0.05, 0) is 62.7 Å². The zero-order chi connectivity index (χ0) is 19.9. The first-order valence-corrected chi connectivity index (χ1v) is 9.41. The van der Waals surface area contributed by atoms with Crippen LogP contribution >= 0.6 is 0 Å². The molecule has 144 valence electrons. The van der Waals surface area contributed by atoms with Gasteiger partial charge < -0.3 is 15.5 Å². The van der Waals surface area contributed by atoms with E-state index in [1.165, 1.54) is 11.9 Å². The first-order valence-electron chi connectivity index (χ1n) is 9.41. The van der Waals surface area contributed by atoms with Crippen LogP contribution in [0.4, 0.5) is 22.9 Å². The second-order valence-corrected chi connectivity index (χ2v) is 6.45. The van der Waals surface area contributed by atoms with Crippen LogP contribution in [0.15, 0.2) is 60.9 Å². The van der Waals surface area contributed by atoms with Crippen molar-refractivity contribution in [1.29, 1.82) is 0 Å². The maximum absolute atomic E-state index is 12.3. The van der Waals surface area contributed by atoms with Gasteiger partial charge in [0, 0.05) is 30.2 Å². The lowest BCUT2D eigenvalue weighted by Crippen LogP contribution is -2.21. The van der Waals surface area contributed by atoms with Crippen molar-refractivity contribution in [2.24, 2.45) is 0 Å². The number of nitrogens with zero attached hydrogens (tertiary/aromatic N) is 3. The molecule has 0 fully saturated rings. The van der Waals surface area contributed by atoms with Gasteiger partial charge in [0.25, 0.3) is 5.91 Å². The molecule has 2 N–H and O–H groups in total.